The summed E-state index contributed by atoms with van der Waals surface area (Å²) < 4.78 is 5.32. The van der Waals surface area contributed by atoms with E-state index in [1.807, 2.05) is 6.20 Å². The highest BCUT2D eigenvalue weighted by Crippen LogP contribution is 2.18. The van der Waals surface area contributed by atoms with Gasteiger partial charge in [-0.15, -0.1) is 0 Å². The normalized spacial score (nSPS) is 20.8. The molecule has 0 bridgehead atoms. The molecule has 0 saturated carbocycles. The Morgan fingerprint density at radius 1 is 1.31 bits per heavy atom. The largest absolute Gasteiger partial charge is 0.370 e. The Bertz CT molecular complexity index is 376. The maximum absolute atomic E-state index is 5.32. The van der Waals surface area contributed by atoms with Crippen molar-refractivity contribution in [1.29, 1.82) is 0 Å². The lowest BCUT2D eigenvalue weighted by Crippen LogP contribution is -2.35. The minimum absolute atomic E-state index is 0.502. The molecule has 0 aromatic carbocycles. The van der Waals surface area contributed by atoms with Crippen LogP contribution in [0.5, 0.6) is 0 Å². The van der Waals surface area contributed by atoms with Crippen molar-refractivity contribution in [3.05, 3.63) is 17.5 Å². The van der Waals surface area contributed by atoms with Gasteiger partial charge in [0.1, 0.15) is 0 Å². The highest BCUT2D eigenvalue weighted by atomic mass is 16.5. The lowest BCUT2D eigenvalue weighted by molar-refractivity contribution is 0.133. The number of fused-ring (bicyclic) bond motifs is 1. The summed E-state index contributed by atoms with van der Waals surface area (Å²) in [7, 11) is 0. The zero-order valence-electron chi connectivity index (χ0n) is 9.20. The van der Waals surface area contributed by atoms with Crippen molar-refractivity contribution >= 4 is 5.95 Å². The second-order valence-corrected chi connectivity index (χ2v) is 4.33. The second-order valence-electron chi connectivity index (χ2n) is 4.33. The molecule has 3 heterocycles. The zero-order valence-corrected chi connectivity index (χ0v) is 9.20. The molecule has 86 valence electrons. The number of aromatic nitrogens is 2. The summed E-state index contributed by atoms with van der Waals surface area (Å²) in [6.07, 6.45) is 4.15. The van der Waals surface area contributed by atoms with E-state index in [4.69, 9.17) is 4.74 Å². The summed E-state index contributed by atoms with van der Waals surface area (Å²) in [5, 5.41) is 6.73. The van der Waals surface area contributed by atoms with Gasteiger partial charge in [-0.25, -0.2) is 9.97 Å². The maximum Gasteiger partial charge on any atom is 0.223 e. The minimum atomic E-state index is 0.502. The van der Waals surface area contributed by atoms with E-state index in [0.717, 1.165) is 43.1 Å². The molecule has 2 N–H and O–H groups in total. The van der Waals surface area contributed by atoms with Gasteiger partial charge >= 0.3 is 0 Å². The van der Waals surface area contributed by atoms with Gasteiger partial charge in [-0.3, -0.25) is 0 Å². The third kappa shape index (κ3) is 2.01. The van der Waals surface area contributed by atoms with E-state index in [-0.39, 0.29) is 0 Å². The van der Waals surface area contributed by atoms with Crippen molar-refractivity contribution in [3.8, 4) is 0 Å². The van der Waals surface area contributed by atoms with Crippen molar-refractivity contribution in [2.45, 2.75) is 32.1 Å². The first-order valence-corrected chi connectivity index (χ1v) is 5.81. The zero-order chi connectivity index (χ0) is 10.8. The first-order valence-electron chi connectivity index (χ1n) is 5.81. The van der Waals surface area contributed by atoms with Gasteiger partial charge in [0, 0.05) is 17.8 Å². The highest BCUT2D eigenvalue weighted by Gasteiger charge is 2.17. The molecule has 2 aliphatic heterocycles. The second kappa shape index (κ2) is 4.35. The third-order valence-corrected chi connectivity index (χ3v) is 3.12. The molecule has 0 radical (unpaired) electrons. The van der Waals surface area contributed by atoms with Crippen LogP contribution in [0.15, 0.2) is 6.20 Å². The Kier molecular flexibility index (Phi) is 2.71. The Balaban J connectivity index is 1.69. The molecule has 1 aromatic rings. The van der Waals surface area contributed by atoms with E-state index in [0.29, 0.717) is 19.3 Å². The molecule has 0 unspecified atom stereocenters. The average molecular weight is 220 g/mol. The predicted octanol–water partition coefficient (Wildman–Crippen LogP) is 0.671. The van der Waals surface area contributed by atoms with Crippen LogP contribution >= 0.6 is 0 Å². The van der Waals surface area contributed by atoms with Gasteiger partial charge in [0.2, 0.25) is 5.95 Å². The SMILES string of the molecule is c1nc(NC2CCNCC2)nc2c1COC2. The maximum atomic E-state index is 5.32. The minimum Gasteiger partial charge on any atom is -0.370 e. The summed E-state index contributed by atoms with van der Waals surface area (Å²) in [6, 6.07) is 0.502. The van der Waals surface area contributed by atoms with E-state index in [2.05, 4.69) is 20.6 Å². The molecule has 3 rings (SSSR count). The van der Waals surface area contributed by atoms with Crippen LogP contribution in [0.1, 0.15) is 24.1 Å². The lowest BCUT2D eigenvalue weighted by atomic mass is 10.1. The van der Waals surface area contributed by atoms with Crippen LogP contribution in [0.25, 0.3) is 0 Å². The van der Waals surface area contributed by atoms with Gasteiger partial charge < -0.3 is 15.4 Å². The molecule has 5 nitrogen and oxygen atoms in total. The van der Waals surface area contributed by atoms with Crippen LogP contribution in [-0.4, -0.2) is 29.1 Å². The number of hydrogen-bond acceptors (Lipinski definition) is 5. The van der Waals surface area contributed by atoms with Crippen LogP contribution < -0.4 is 10.6 Å². The molecule has 16 heavy (non-hydrogen) atoms. The van der Waals surface area contributed by atoms with Crippen molar-refractivity contribution < 1.29 is 4.74 Å². The fraction of sp³-hybridized carbons (Fsp3) is 0.636. The van der Waals surface area contributed by atoms with Gasteiger partial charge in [-0.05, 0) is 25.9 Å². The van der Waals surface area contributed by atoms with Crippen molar-refractivity contribution in [1.82, 2.24) is 15.3 Å². The smallest absolute Gasteiger partial charge is 0.223 e. The molecule has 1 fully saturated rings. The number of piperidine rings is 1. The molecule has 2 aliphatic rings. The van der Waals surface area contributed by atoms with E-state index in [1.54, 1.807) is 0 Å². The van der Waals surface area contributed by atoms with Crippen molar-refractivity contribution in [2.24, 2.45) is 0 Å². The van der Waals surface area contributed by atoms with E-state index >= 15 is 0 Å². The summed E-state index contributed by atoms with van der Waals surface area (Å²) in [6.45, 7) is 3.43. The Morgan fingerprint density at radius 2 is 2.19 bits per heavy atom. The standard InChI is InChI=1S/C11H16N4O/c1-3-12-4-2-9(1)14-11-13-5-8-6-16-7-10(8)15-11/h5,9,12H,1-4,6-7H2,(H,13,14,15). The quantitative estimate of drug-likeness (QED) is 0.767. The molecule has 0 amide bonds. The highest BCUT2D eigenvalue weighted by molar-refractivity contribution is 5.31. The van der Waals surface area contributed by atoms with Crippen LogP contribution in [0.3, 0.4) is 0 Å². The van der Waals surface area contributed by atoms with Crippen LogP contribution in [0.2, 0.25) is 0 Å². The monoisotopic (exact) mass is 220 g/mol. The lowest BCUT2D eigenvalue weighted by Gasteiger charge is -2.23. The van der Waals surface area contributed by atoms with E-state index < -0.39 is 0 Å². The molecule has 1 aromatic heterocycles. The number of nitrogens with one attached hydrogen (secondary N) is 2. The summed E-state index contributed by atoms with van der Waals surface area (Å²) in [4.78, 5) is 8.80. The molecular formula is C11H16N4O. The number of anilines is 1. The van der Waals surface area contributed by atoms with E-state index in [1.165, 1.54) is 0 Å². The Labute approximate surface area is 94.6 Å². The Hall–Kier alpha value is -1.20. The summed E-state index contributed by atoms with van der Waals surface area (Å²) in [5.74, 6) is 0.746. The van der Waals surface area contributed by atoms with Crippen LogP contribution in [0.4, 0.5) is 5.95 Å². The number of ether oxygens (including phenoxy) is 1. The number of hydrogen-bond donors (Lipinski definition) is 2. The molecule has 1 saturated heterocycles. The molecule has 0 spiro atoms. The van der Waals surface area contributed by atoms with Crippen molar-refractivity contribution in [3.63, 3.8) is 0 Å². The summed E-state index contributed by atoms with van der Waals surface area (Å²) in [5.41, 5.74) is 2.15. The van der Waals surface area contributed by atoms with Crippen molar-refractivity contribution in [2.75, 3.05) is 18.4 Å². The van der Waals surface area contributed by atoms with E-state index in [9.17, 15) is 0 Å². The van der Waals surface area contributed by atoms with Crippen LogP contribution in [0, 0.1) is 0 Å². The van der Waals surface area contributed by atoms with Gasteiger partial charge in [-0.1, -0.05) is 0 Å². The topological polar surface area (TPSA) is 59.1 Å². The Morgan fingerprint density at radius 3 is 3.06 bits per heavy atom. The fourth-order valence-electron chi connectivity index (χ4n) is 2.16. The third-order valence-electron chi connectivity index (χ3n) is 3.12. The molecular weight excluding hydrogens is 204 g/mol. The molecule has 0 aliphatic carbocycles. The first kappa shape index (κ1) is 9.99. The number of rotatable bonds is 2. The first-order chi connectivity index (χ1) is 7.92. The average Bonchev–Trinajstić information content (AvgIpc) is 2.77. The van der Waals surface area contributed by atoms with Gasteiger partial charge in [0.05, 0.1) is 18.9 Å². The molecule has 0 atom stereocenters. The fourth-order valence-corrected chi connectivity index (χ4v) is 2.16. The summed E-state index contributed by atoms with van der Waals surface area (Å²) >= 11 is 0. The van der Waals surface area contributed by atoms with Gasteiger partial charge in [0.25, 0.3) is 0 Å². The molecule has 5 heteroatoms. The number of nitrogens with zero attached hydrogens (tertiary/aromatic N) is 2. The van der Waals surface area contributed by atoms with Crippen LogP contribution in [-0.2, 0) is 18.0 Å². The predicted molar refractivity (Wildman–Crippen MR) is 60.0 cm³/mol. The van der Waals surface area contributed by atoms with Gasteiger partial charge in [0.15, 0.2) is 0 Å². The van der Waals surface area contributed by atoms with Gasteiger partial charge in [-0.2, -0.15) is 0 Å².